The highest BCUT2D eigenvalue weighted by Gasteiger charge is 2.07. The molecule has 0 amide bonds. The fraction of sp³-hybridized carbons (Fsp3) is 0.188. The first kappa shape index (κ1) is 12.7. The third-order valence-corrected chi connectivity index (χ3v) is 3.37. The lowest BCUT2D eigenvalue weighted by atomic mass is 10.0. The van der Waals surface area contributed by atoms with Gasteiger partial charge in [0, 0.05) is 24.5 Å². The summed E-state index contributed by atoms with van der Waals surface area (Å²) in [7, 11) is 0. The molecule has 3 aromatic rings. The Hall–Kier alpha value is -2.33. The van der Waals surface area contributed by atoms with Gasteiger partial charge in [-0.25, -0.2) is 4.98 Å². The van der Waals surface area contributed by atoms with Gasteiger partial charge in [0.15, 0.2) is 0 Å². The Morgan fingerprint density at radius 3 is 2.85 bits per heavy atom. The summed E-state index contributed by atoms with van der Waals surface area (Å²) in [4.78, 5) is 4.01. The van der Waals surface area contributed by atoms with Gasteiger partial charge in [0.2, 0.25) is 0 Å². The number of fused-ring (bicyclic) bond motifs is 1. The lowest BCUT2D eigenvalue weighted by molar-refractivity contribution is 0.296. The van der Waals surface area contributed by atoms with Gasteiger partial charge in [-0.3, -0.25) is 0 Å². The van der Waals surface area contributed by atoms with Crippen LogP contribution in [-0.2, 0) is 13.1 Å². The van der Waals surface area contributed by atoms with E-state index in [1.165, 1.54) is 5.39 Å². The molecule has 4 nitrogen and oxygen atoms in total. The Bertz CT molecular complexity index is 692. The van der Waals surface area contributed by atoms with Gasteiger partial charge in [-0.15, -0.1) is 0 Å². The average molecular weight is 267 g/mol. The molecular formula is C16H17N3O. The first-order chi connectivity index (χ1) is 9.88. The number of imidazole rings is 1. The van der Waals surface area contributed by atoms with Crippen molar-refractivity contribution in [1.82, 2.24) is 9.55 Å². The minimum Gasteiger partial charge on any atom is -0.491 e. The summed E-state index contributed by atoms with van der Waals surface area (Å²) >= 11 is 0. The number of ether oxygens (including phenoxy) is 1. The molecule has 0 atom stereocenters. The summed E-state index contributed by atoms with van der Waals surface area (Å²) < 4.78 is 7.87. The van der Waals surface area contributed by atoms with E-state index in [2.05, 4.69) is 23.2 Å². The maximum absolute atomic E-state index is 5.89. The zero-order valence-corrected chi connectivity index (χ0v) is 11.2. The van der Waals surface area contributed by atoms with Crippen LogP contribution < -0.4 is 10.5 Å². The van der Waals surface area contributed by atoms with Gasteiger partial charge >= 0.3 is 0 Å². The molecule has 2 aromatic carbocycles. The summed E-state index contributed by atoms with van der Waals surface area (Å²) in [6.45, 7) is 1.85. The molecule has 0 bridgehead atoms. The van der Waals surface area contributed by atoms with Crippen LogP contribution in [0.5, 0.6) is 5.75 Å². The van der Waals surface area contributed by atoms with E-state index in [4.69, 9.17) is 10.5 Å². The third kappa shape index (κ3) is 2.51. The molecule has 0 aliphatic carbocycles. The van der Waals surface area contributed by atoms with Gasteiger partial charge in [-0.2, -0.15) is 0 Å². The number of aromatic nitrogens is 2. The molecule has 1 aromatic heterocycles. The fourth-order valence-electron chi connectivity index (χ4n) is 2.34. The maximum atomic E-state index is 5.89. The van der Waals surface area contributed by atoms with Gasteiger partial charge in [0.05, 0.1) is 12.9 Å². The van der Waals surface area contributed by atoms with E-state index in [9.17, 15) is 0 Å². The maximum Gasteiger partial charge on any atom is 0.124 e. The highest BCUT2D eigenvalue weighted by atomic mass is 16.5. The monoisotopic (exact) mass is 267 g/mol. The predicted molar refractivity (Wildman–Crippen MR) is 79.6 cm³/mol. The Balaban J connectivity index is 1.80. The molecule has 0 fully saturated rings. The molecule has 2 N–H and O–H groups in total. The Kier molecular flexibility index (Phi) is 3.65. The van der Waals surface area contributed by atoms with Crippen LogP contribution in [0.25, 0.3) is 10.8 Å². The zero-order valence-electron chi connectivity index (χ0n) is 11.2. The van der Waals surface area contributed by atoms with Crippen molar-refractivity contribution in [2.75, 3.05) is 6.61 Å². The minimum atomic E-state index is 0.474. The fourth-order valence-corrected chi connectivity index (χ4v) is 2.34. The minimum absolute atomic E-state index is 0.474. The number of hydrogen-bond donors (Lipinski definition) is 1. The van der Waals surface area contributed by atoms with Gasteiger partial charge < -0.3 is 15.0 Å². The molecule has 0 saturated heterocycles. The molecule has 0 aliphatic heterocycles. The number of nitrogens with zero attached hydrogens (tertiary/aromatic N) is 2. The van der Waals surface area contributed by atoms with Crippen molar-refractivity contribution in [2.45, 2.75) is 13.1 Å². The number of benzene rings is 2. The lowest BCUT2D eigenvalue weighted by Crippen LogP contribution is -2.09. The molecule has 0 spiro atoms. The van der Waals surface area contributed by atoms with Crippen molar-refractivity contribution in [1.29, 1.82) is 0 Å². The van der Waals surface area contributed by atoms with E-state index < -0.39 is 0 Å². The van der Waals surface area contributed by atoms with Crippen molar-refractivity contribution < 1.29 is 4.74 Å². The van der Waals surface area contributed by atoms with Crippen LogP contribution in [0.2, 0.25) is 0 Å². The molecule has 0 aliphatic rings. The van der Waals surface area contributed by atoms with E-state index in [1.807, 2.05) is 29.0 Å². The normalized spacial score (nSPS) is 10.8. The Labute approximate surface area is 117 Å². The van der Waals surface area contributed by atoms with Crippen molar-refractivity contribution in [3.8, 4) is 5.75 Å². The predicted octanol–water partition coefficient (Wildman–Crippen LogP) is 2.57. The van der Waals surface area contributed by atoms with Gasteiger partial charge in [-0.05, 0) is 16.8 Å². The summed E-state index contributed by atoms with van der Waals surface area (Å²) in [6.07, 6.45) is 5.47. The molecule has 1 heterocycles. The zero-order chi connectivity index (χ0) is 13.8. The molecule has 4 heteroatoms. The molecule has 0 unspecified atom stereocenters. The smallest absolute Gasteiger partial charge is 0.124 e. The van der Waals surface area contributed by atoms with E-state index >= 15 is 0 Å². The highest BCUT2D eigenvalue weighted by Crippen LogP contribution is 2.27. The van der Waals surface area contributed by atoms with Crippen molar-refractivity contribution >= 4 is 10.8 Å². The van der Waals surface area contributed by atoms with Gasteiger partial charge in [0.25, 0.3) is 0 Å². The van der Waals surface area contributed by atoms with E-state index in [-0.39, 0.29) is 0 Å². The largest absolute Gasteiger partial charge is 0.491 e. The molecule has 0 radical (unpaired) electrons. The number of rotatable bonds is 5. The average Bonchev–Trinajstić information content (AvgIpc) is 3.00. The van der Waals surface area contributed by atoms with Crippen LogP contribution in [0.1, 0.15) is 5.56 Å². The van der Waals surface area contributed by atoms with Crippen LogP contribution in [0, 0.1) is 0 Å². The molecule has 102 valence electrons. The molecule has 3 rings (SSSR count). The standard InChI is InChI=1S/C16H17N3O/c17-11-15-14-4-2-1-3-13(14)5-6-16(15)20-10-9-19-8-7-18-12-19/h1-8,12H,9-11,17H2. The van der Waals surface area contributed by atoms with Crippen molar-refractivity contribution in [3.05, 3.63) is 60.7 Å². The second-order valence-electron chi connectivity index (χ2n) is 4.62. The van der Waals surface area contributed by atoms with Crippen LogP contribution in [0.4, 0.5) is 0 Å². The van der Waals surface area contributed by atoms with Gasteiger partial charge in [-0.1, -0.05) is 30.3 Å². The van der Waals surface area contributed by atoms with E-state index in [0.717, 1.165) is 23.2 Å². The summed E-state index contributed by atoms with van der Waals surface area (Å²) in [5.74, 6) is 0.867. The van der Waals surface area contributed by atoms with Crippen LogP contribution >= 0.6 is 0 Å². The molecule has 20 heavy (non-hydrogen) atoms. The first-order valence-corrected chi connectivity index (χ1v) is 6.67. The van der Waals surface area contributed by atoms with Crippen molar-refractivity contribution in [3.63, 3.8) is 0 Å². The Morgan fingerprint density at radius 1 is 1.15 bits per heavy atom. The van der Waals surface area contributed by atoms with Crippen molar-refractivity contribution in [2.24, 2.45) is 5.73 Å². The van der Waals surface area contributed by atoms with E-state index in [0.29, 0.717) is 13.2 Å². The number of hydrogen-bond acceptors (Lipinski definition) is 3. The second kappa shape index (κ2) is 5.75. The molecular weight excluding hydrogens is 250 g/mol. The summed E-state index contributed by atoms with van der Waals surface area (Å²) in [5, 5.41) is 2.35. The lowest BCUT2D eigenvalue weighted by Gasteiger charge is -2.13. The SMILES string of the molecule is NCc1c(OCCn2ccnc2)ccc2ccccc12. The topological polar surface area (TPSA) is 53.1 Å². The van der Waals surface area contributed by atoms with Crippen LogP contribution in [0.3, 0.4) is 0 Å². The van der Waals surface area contributed by atoms with Gasteiger partial charge in [0.1, 0.15) is 12.4 Å². The highest BCUT2D eigenvalue weighted by molar-refractivity contribution is 5.87. The number of nitrogens with two attached hydrogens (primary N) is 1. The first-order valence-electron chi connectivity index (χ1n) is 6.67. The third-order valence-electron chi connectivity index (χ3n) is 3.37. The molecule has 0 saturated carbocycles. The quantitative estimate of drug-likeness (QED) is 0.773. The Morgan fingerprint density at radius 2 is 2.05 bits per heavy atom. The van der Waals surface area contributed by atoms with E-state index in [1.54, 1.807) is 12.5 Å². The second-order valence-corrected chi connectivity index (χ2v) is 4.62. The van der Waals surface area contributed by atoms with Crippen LogP contribution in [-0.4, -0.2) is 16.2 Å². The summed E-state index contributed by atoms with van der Waals surface area (Å²) in [6, 6.07) is 12.3. The van der Waals surface area contributed by atoms with Crippen LogP contribution in [0.15, 0.2) is 55.1 Å². The summed E-state index contributed by atoms with van der Waals surface area (Å²) in [5.41, 5.74) is 6.95.